The SMILES string of the molecule is CO[C@H]1O[C@H](CO)C(O)C1n1ccc2c(=O)[nH]cnc21. The van der Waals surface area contributed by atoms with Crippen LogP contribution in [0.5, 0.6) is 0 Å². The molecular formula is C12H15N3O5. The van der Waals surface area contributed by atoms with Gasteiger partial charge in [-0.15, -0.1) is 0 Å². The lowest BCUT2D eigenvalue weighted by molar-refractivity contribution is -0.136. The molecule has 2 unspecified atom stereocenters. The van der Waals surface area contributed by atoms with Gasteiger partial charge in [-0.2, -0.15) is 0 Å². The van der Waals surface area contributed by atoms with Gasteiger partial charge in [0.05, 0.1) is 18.3 Å². The zero-order chi connectivity index (χ0) is 14.3. The molecule has 108 valence electrons. The number of aliphatic hydroxyl groups is 2. The second kappa shape index (κ2) is 4.98. The van der Waals surface area contributed by atoms with Crippen LogP contribution in [0.3, 0.4) is 0 Å². The Hall–Kier alpha value is -1.74. The summed E-state index contributed by atoms with van der Waals surface area (Å²) in [7, 11) is 1.45. The van der Waals surface area contributed by atoms with Crippen molar-refractivity contribution in [2.45, 2.75) is 24.5 Å². The number of aromatic amines is 1. The highest BCUT2D eigenvalue weighted by molar-refractivity contribution is 5.74. The number of hydrogen-bond acceptors (Lipinski definition) is 6. The monoisotopic (exact) mass is 281 g/mol. The van der Waals surface area contributed by atoms with Gasteiger partial charge in [-0.05, 0) is 6.07 Å². The van der Waals surface area contributed by atoms with Crippen LogP contribution < -0.4 is 5.56 Å². The number of aromatic nitrogens is 3. The van der Waals surface area contributed by atoms with Crippen molar-refractivity contribution in [3.63, 3.8) is 0 Å². The topological polar surface area (TPSA) is 110 Å². The molecule has 0 saturated carbocycles. The third-order valence-corrected chi connectivity index (χ3v) is 3.57. The number of rotatable bonds is 3. The van der Waals surface area contributed by atoms with Crippen molar-refractivity contribution in [1.29, 1.82) is 0 Å². The molecule has 3 heterocycles. The van der Waals surface area contributed by atoms with Gasteiger partial charge in [0, 0.05) is 13.3 Å². The maximum absolute atomic E-state index is 11.7. The summed E-state index contributed by atoms with van der Waals surface area (Å²) in [6.07, 6.45) is 0.537. The van der Waals surface area contributed by atoms with Gasteiger partial charge < -0.3 is 29.2 Å². The Bertz CT molecular complexity index is 664. The number of H-pyrrole nitrogens is 1. The third kappa shape index (κ3) is 1.85. The van der Waals surface area contributed by atoms with Crippen LogP contribution in [0.4, 0.5) is 0 Å². The van der Waals surface area contributed by atoms with Crippen LogP contribution in [0.15, 0.2) is 23.4 Å². The van der Waals surface area contributed by atoms with Crippen LogP contribution >= 0.6 is 0 Å². The standard InChI is InChI=1S/C12H15N3O5/c1-19-12-8(9(17)7(4-16)20-12)15-3-2-6-10(15)13-5-14-11(6)18/h2-3,5,7-9,12,16-17H,4H2,1H3,(H,13,14,18)/t7-,8?,9?,12+/m1/s1. The predicted octanol–water partition coefficient (Wildman–Crippen LogP) is -1.01. The van der Waals surface area contributed by atoms with E-state index in [1.807, 2.05) is 0 Å². The normalized spacial score (nSPS) is 30.1. The molecule has 0 amide bonds. The Morgan fingerprint density at radius 1 is 1.60 bits per heavy atom. The summed E-state index contributed by atoms with van der Waals surface area (Å²) in [5.41, 5.74) is 0.178. The number of hydrogen-bond donors (Lipinski definition) is 3. The molecule has 1 fully saturated rings. The van der Waals surface area contributed by atoms with Crippen molar-refractivity contribution in [2.75, 3.05) is 13.7 Å². The zero-order valence-electron chi connectivity index (χ0n) is 10.8. The Kier molecular flexibility index (Phi) is 3.30. The summed E-state index contributed by atoms with van der Waals surface area (Å²) >= 11 is 0. The molecule has 1 aliphatic heterocycles. The van der Waals surface area contributed by atoms with Gasteiger partial charge in [-0.3, -0.25) is 4.79 Å². The van der Waals surface area contributed by atoms with E-state index in [0.29, 0.717) is 11.0 Å². The van der Waals surface area contributed by atoms with E-state index in [1.54, 1.807) is 16.8 Å². The lowest BCUT2D eigenvalue weighted by Gasteiger charge is -2.21. The molecule has 1 saturated heterocycles. The highest BCUT2D eigenvalue weighted by Gasteiger charge is 2.45. The molecule has 3 N–H and O–H groups in total. The molecule has 20 heavy (non-hydrogen) atoms. The first-order valence-corrected chi connectivity index (χ1v) is 6.18. The largest absolute Gasteiger partial charge is 0.394 e. The molecular weight excluding hydrogens is 266 g/mol. The Labute approximate surface area is 113 Å². The number of fused-ring (bicyclic) bond motifs is 1. The maximum atomic E-state index is 11.7. The Balaban J connectivity index is 2.10. The highest BCUT2D eigenvalue weighted by Crippen LogP contribution is 2.33. The average molecular weight is 281 g/mol. The molecule has 4 atom stereocenters. The third-order valence-electron chi connectivity index (χ3n) is 3.57. The van der Waals surface area contributed by atoms with Gasteiger partial charge in [0.2, 0.25) is 0 Å². The van der Waals surface area contributed by atoms with E-state index in [1.165, 1.54) is 13.4 Å². The van der Waals surface area contributed by atoms with Gasteiger partial charge in [0.15, 0.2) is 6.29 Å². The molecule has 8 heteroatoms. The fourth-order valence-corrected chi connectivity index (χ4v) is 2.58. The minimum atomic E-state index is -0.957. The van der Waals surface area contributed by atoms with Gasteiger partial charge in [-0.25, -0.2) is 4.98 Å². The second-order valence-electron chi connectivity index (χ2n) is 4.63. The first-order valence-electron chi connectivity index (χ1n) is 6.18. The number of nitrogens with zero attached hydrogens (tertiary/aromatic N) is 2. The molecule has 0 aromatic carbocycles. The van der Waals surface area contributed by atoms with Crippen molar-refractivity contribution in [1.82, 2.24) is 14.5 Å². The number of methoxy groups -OCH3 is 1. The van der Waals surface area contributed by atoms with Gasteiger partial charge in [0.25, 0.3) is 5.56 Å². The number of nitrogens with one attached hydrogen (secondary N) is 1. The van der Waals surface area contributed by atoms with Crippen molar-refractivity contribution in [2.24, 2.45) is 0 Å². The van der Waals surface area contributed by atoms with Gasteiger partial charge in [0.1, 0.15) is 23.9 Å². The molecule has 3 rings (SSSR count). The molecule has 1 aliphatic rings. The van der Waals surface area contributed by atoms with Crippen LogP contribution in [0.1, 0.15) is 6.04 Å². The first-order chi connectivity index (χ1) is 9.67. The summed E-state index contributed by atoms with van der Waals surface area (Å²) in [6, 6.07) is 1.04. The van der Waals surface area contributed by atoms with E-state index in [9.17, 15) is 15.0 Å². The van der Waals surface area contributed by atoms with E-state index in [-0.39, 0.29) is 12.2 Å². The lowest BCUT2D eigenvalue weighted by atomic mass is 10.1. The molecule has 0 spiro atoms. The van der Waals surface area contributed by atoms with Crippen LogP contribution in [-0.4, -0.2) is 57.0 Å². The lowest BCUT2D eigenvalue weighted by Crippen LogP contribution is -2.32. The molecule has 0 radical (unpaired) electrons. The number of ether oxygens (including phenoxy) is 2. The minimum absolute atomic E-state index is 0.255. The van der Waals surface area contributed by atoms with Crippen LogP contribution in [0, 0.1) is 0 Å². The van der Waals surface area contributed by atoms with E-state index in [4.69, 9.17) is 9.47 Å². The van der Waals surface area contributed by atoms with E-state index in [0.717, 1.165) is 0 Å². The van der Waals surface area contributed by atoms with Crippen molar-refractivity contribution < 1.29 is 19.7 Å². The first kappa shape index (κ1) is 13.3. The maximum Gasteiger partial charge on any atom is 0.260 e. The van der Waals surface area contributed by atoms with Gasteiger partial charge >= 0.3 is 0 Å². The summed E-state index contributed by atoms with van der Waals surface area (Å²) in [4.78, 5) is 18.3. The highest BCUT2D eigenvalue weighted by atomic mass is 16.7. The predicted molar refractivity (Wildman–Crippen MR) is 68.2 cm³/mol. The second-order valence-corrected chi connectivity index (χ2v) is 4.63. The summed E-state index contributed by atoms with van der Waals surface area (Å²) in [6.45, 7) is -0.315. The zero-order valence-corrected chi connectivity index (χ0v) is 10.8. The summed E-state index contributed by atoms with van der Waals surface area (Å²) in [5, 5.41) is 19.9. The van der Waals surface area contributed by atoms with Crippen LogP contribution in [-0.2, 0) is 9.47 Å². The molecule has 2 aromatic rings. The molecule has 0 aliphatic carbocycles. The average Bonchev–Trinajstić information content (AvgIpc) is 3.00. The smallest absolute Gasteiger partial charge is 0.260 e. The number of aliphatic hydroxyl groups excluding tert-OH is 2. The molecule has 0 bridgehead atoms. The van der Waals surface area contributed by atoms with Crippen molar-refractivity contribution >= 4 is 11.0 Å². The van der Waals surface area contributed by atoms with E-state index < -0.39 is 24.5 Å². The van der Waals surface area contributed by atoms with E-state index >= 15 is 0 Å². The summed E-state index contributed by atoms with van der Waals surface area (Å²) < 4.78 is 12.3. The Morgan fingerprint density at radius 2 is 2.40 bits per heavy atom. The summed E-state index contributed by atoms with van der Waals surface area (Å²) in [5.74, 6) is 0. The fourth-order valence-electron chi connectivity index (χ4n) is 2.58. The fraction of sp³-hybridized carbons (Fsp3) is 0.500. The van der Waals surface area contributed by atoms with E-state index in [2.05, 4.69) is 9.97 Å². The quantitative estimate of drug-likeness (QED) is 0.665. The Morgan fingerprint density at radius 3 is 3.10 bits per heavy atom. The molecule has 8 nitrogen and oxygen atoms in total. The minimum Gasteiger partial charge on any atom is -0.394 e. The van der Waals surface area contributed by atoms with Crippen molar-refractivity contribution in [3.05, 3.63) is 28.9 Å². The van der Waals surface area contributed by atoms with Gasteiger partial charge in [-0.1, -0.05) is 0 Å². The molecule has 2 aromatic heterocycles. The van der Waals surface area contributed by atoms with Crippen LogP contribution in [0.2, 0.25) is 0 Å². The van der Waals surface area contributed by atoms with Crippen LogP contribution in [0.25, 0.3) is 11.0 Å². The van der Waals surface area contributed by atoms with Crippen molar-refractivity contribution in [3.8, 4) is 0 Å².